The van der Waals surface area contributed by atoms with E-state index in [4.69, 9.17) is 0 Å². The van der Waals surface area contributed by atoms with Gasteiger partial charge in [-0.25, -0.2) is 0 Å². The van der Waals surface area contributed by atoms with E-state index in [-0.39, 0.29) is 0 Å². The number of aryl methyl sites for hydroxylation is 1. The van der Waals surface area contributed by atoms with Crippen molar-refractivity contribution in [3.63, 3.8) is 0 Å². The molecule has 3 atom stereocenters. The first-order valence-electron chi connectivity index (χ1n) is 8.66. The van der Waals surface area contributed by atoms with Gasteiger partial charge in [0.1, 0.15) is 0 Å². The molecule has 2 aliphatic rings. The van der Waals surface area contributed by atoms with Crippen LogP contribution >= 0.6 is 27.7 Å². The SMILES string of the molecule is CCN1C[C@H](CSC)C[C@@H]2c3cc(Br)cc4[nH]c(C)c(c34)C[C@H]21. The number of nitrogens with zero attached hydrogens (tertiary/aromatic N) is 1. The van der Waals surface area contributed by atoms with E-state index in [0.29, 0.717) is 12.0 Å². The van der Waals surface area contributed by atoms with Crippen LogP contribution in [0.15, 0.2) is 16.6 Å². The first kappa shape index (κ1) is 16.0. The smallest absolute Gasteiger partial charge is 0.0473 e. The molecule has 1 aliphatic heterocycles. The Morgan fingerprint density at radius 1 is 1.39 bits per heavy atom. The molecule has 2 heterocycles. The highest BCUT2D eigenvalue weighted by molar-refractivity contribution is 9.10. The Balaban J connectivity index is 1.85. The number of likely N-dealkylation sites (N-methyl/N-ethyl adjacent to an activating group) is 1. The van der Waals surface area contributed by atoms with Crippen molar-refractivity contribution in [2.75, 3.05) is 25.1 Å². The van der Waals surface area contributed by atoms with Gasteiger partial charge in [0.25, 0.3) is 0 Å². The lowest BCUT2D eigenvalue weighted by molar-refractivity contribution is 0.0983. The highest BCUT2D eigenvalue weighted by Gasteiger charge is 2.40. The van der Waals surface area contributed by atoms with Crippen molar-refractivity contribution in [1.82, 2.24) is 9.88 Å². The Kier molecular flexibility index (Phi) is 4.27. The molecule has 1 N–H and O–H groups in total. The van der Waals surface area contributed by atoms with E-state index in [2.05, 4.69) is 58.0 Å². The lowest BCUT2D eigenvalue weighted by Gasteiger charge is -2.47. The van der Waals surface area contributed by atoms with Crippen molar-refractivity contribution in [3.8, 4) is 0 Å². The maximum absolute atomic E-state index is 3.74. The van der Waals surface area contributed by atoms with Gasteiger partial charge in [0, 0.05) is 39.6 Å². The Hall–Kier alpha value is -0.450. The molecule has 23 heavy (non-hydrogen) atoms. The van der Waals surface area contributed by atoms with E-state index in [1.54, 1.807) is 11.1 Å². The second kappa shape index (κ2) is 6.12. The number of thioether (sulfide) groups is 1. The van der Waals surface area contributed by atoms with Crippen LogP contribution < -0.4 is 0 Å². The third-order valence-electron chi connectivity index (χ3n) is 5.84. The standard InChI is InChI=1S/C19H25BrN2S/c1-4-22-9-12(10-23-3)5-15-16-6-13(20)7-17-19(16)14(8-18(15)22)11(2)21-17/h6-7,12,15,18,21H,4-5,8-10H2,1-3H3/t12-,15-,18-/m1/s1. The average molecular weight is 393 g/mol. The first-order valence-corrected chi connectivity index (χ1v) is 10.8. The van der Waals surface area contributed by atoms with E-state index >= 15 is 0 Å². The van der Waals surface area contributed by atoms with Crippen LogP contribution in [0.25, 0.3) is 10.9 Å². The lowest BCUT2D eigenvalue weighted by atomic mass is 9.72. The quantitative estimate of drug-likeness (QED) is 0.796. The number of H-pyrrole nitrogens is 1. The fraction of sp³-hybridized carbons (Fsp3) is 0.579. The molecule has 4 rings (SSSR count). The minimum absolute atomic E-state index is 0.678. The molecule has 0 radical (unpaired) electrons. The molecule has 4 heteroatoms. The molecular weight excluding hydrogens is 368 g/mol. The summed E-state index contributed by atoms with van der Waals surface area (Å²) in [7, 11) is 0. The van der Waals surface area contributed by atoms with Crippen molar-refractivity contribution >= 4 is 38.6 Å². The molecule has 2 aromatic rings. The molecule has 0 spiro atoms. The predicted molar refractivity (Wildman–Crippen MR) is 105 cm³/mol. The largest absolute Gasteiger partial charge is 0.358 e. The number of benzene rings is 1. The number of likely N-dealkylation sites (tertiary alicyclic amines) is 1. The van der Waals surface area contributed by atoms with Gasteiger partial charge in [-0.1, -0.05) is 22.9 Å². The van der Waals surface area contributed by atoms with Gasteiger partial charge in [-0.05, 0) is 67.5 Å². The molecule has 0 bridgehead atoms. The lowest BCUT2D eigenvalue weighted by Crippen LogP contribution is -2.50. The maximum atomic E-state index is 3.74. The highest BCUT2D eigenvalue weighted by atomic mass is 79.9. The number of aromatic nitrogens is 1. The van der Waals surface area contributed by atoms with Crippen molar-refractivity contribution in [2.45, 2.75) is 38.6 Å². The third-order valence-corrected chi connectivity index (χ3v) is 7.11. The van der Waals surface area contributed by atoms with Crippen molar-refractivity contribution in [1.29, 1.82) is 0 Å². The van der Waals surface area contributed by atoms with Gasteiger partial charge >= 0.3 is 0 Å². The van der Waals surface area contributed by atoms with Gasteiger partial charge in [0.15, 0.2) is 0 Å². The van der Waals surface area contributed by atoms with E-state index in [1.165, 1.54) is 52.8 Å². The fourth-order valence-electron chi connectivity index (χ4n) is 4.92. The Morgan fingerprint density at radius 3 is 2.96 bits per heavy atom. The summed E-state index contributed by atoms with van der Waals surface area (Å²) in [6.45, 7) is 7.01. The second-order valence-electron chi connectivity index (χ2n) is 7.17. The van der Waals surface area contributed by atoms with Crippen LogP contribution in [0.3, 0.4) is 0 Å². The van der Waals surface area contributed by atoms with Gasteiger partial charge in [-0.15, -0.1) is 0 Å². The van der Waals surface area contributed by atoms with Gasteiger partial charge in [-0.2, -0.15) is 11.8 Å². The molecule has 1 saturated heterocycles. The normalized spacial score (nSPS) is 27.4. The number of halogens is 1. The Bertz CT molecular complexity index is 739. The van der Waals surface area contributed by atoms with E-state index in [0.717, 1.165) is 5.92 Å². The molecule has 0 saturated carbocycles. The first-order chi connectivity index (χ1) is 11.1. The summed E-state index contributed by atoms with van der Waals surface area (Å²) in [4.78, 5) is 6.37. The van der Waals surface area contributed by atoms with Crippen LogP contribution in [-0.2, 0) is 6.42 Å². The summed E-state index contributed by atoms with van der Waals surface area (Å²) in [5.74, 6) is 2.79. The summed E-state index contributed by atoms with van der Waals surface area (Å²) in [5, 5.41) is 1.52. The summed E-state index contributed by atoms with van der Waals surface area (Å²) in [6, 6.07) is 5.32. The minimum Gasteiger partial charge on any atom is -0.358 e. The van der Waals surface area contributed by atoms with Crippen molar-refractivity contribution in [3.05, 3.63) is 33.4 Å². The fourth-order valence-corrected chi connectivity index (χ4v) is 6.11. The highest BCUT2D eigenvalue weighted by Crippen LogP contribution is 2.46. The summed E-state index contributed by atoms with van der Waals surface area (Å²) in [5.41, 5.74) is 5.81. The zero-order chi connectivity index (χ0) is 16.1. The monoisotopic (exact) mass is 392 g/mol. The number of piperidine rings is 1. The zero-order valence-corrected chi connectivity index (χ0v) is 16.6. The molecule has 0 amide bonds. The van der Waals surface area contributed by atoms with Crippen LogP contribution in [0, 0.1) is 12.8 Å². The van der Waals surface area contributed by atoms with Crippen LogP contribution in [0.5, 0.6) is 0 Å². The number of fused-ring (bicyclic) bond motifs is 2. The Morgan fingerprint density at radius 2 is 2.22 bits per heavy atom. The topological polar surface area (TPSA) is 19.0 Å². The number of hydrogen-bond donors (Lipinski definition) is 1. The van der Waals surface area contributed by atoms with E-state index in [1.807, 2.05) is 11.8 Å². The predicted octanol–water partition coefficient (Wildman–Crippen LogP) is 4.95. The molecule has 124 valence electrons. The molecule has 1 fully saturated rings. The molecule has 1 aromatic heterocycles. The minimum atomic E-state index is 0.678. The number of aromatic amines is 1. The van der Waals surface area contributed by atoms with Gasteiger partial charge in [-0.3, -0.25) is 4.90 Å². The van der Waals surface area contributed by atoms with Crippen LogP contribution in [0.4, 0.5) is 0 Å². The van der Waals surface area contributed by atoms with Gasteiger partial charge in [0.05, 0.1) is 0 Å². The summed E-state index contributed by atoms with van der Waals surface area (Å²) in [6.07, 6.45) is 4.80. The van der Waals surface area contributed by atoms with Crippen LogP contribution in [0.2, 0.25) is 0 Å². The number of rotatable bonds is 3. The summed E-state index contributed by atoms with van der Waals surface area (Å²) < 4.78 is 1.21. The van der Waals surface area contributed by atoms with Gasteiger partial charge < -0.3 is 4.98 Å². The van der Waals surface area contributed by atoms with Crippen molar-refractivity contribution < 1.29 is 0 Å². The average Bonchev–Trinajstić information content (AvgIpc) is 2.84. The molecule has 1 aliphatic carbocycles. The molecule has 1 aromatic carbocycles. The van der Waals surface area contributed by atoms with Crippen LogP contribution in [0.1, 0.15) is 36.1 Å². The van der Waals surface area contributed by atoms with Gasteiger partial charge in [0.2, 0.25) is 0 Å². The second-order valence-corrected chi connectivity index (χ2v) is 9.00. The number of hydrogen-bond acceptors (Lipinski definition) is 2. The number of nitrogens with one attached hydrogen (secondary N) is 1. The van der Waals surface area contributed by atoms with Crippen molar-refractivity contribution in [2.24, 2.45) is 5.92 Å². The molecule has 2 nitrogen and oxygen atoms in total. The molecule has 0 unspecified atom stereocenters. The van der Waals surface area contributed by atoms with E-state index < -0.39 is 0 Å². The maximum Gasteiger partial charge on any atom is 0.0473 e. The zero-order valence-electron chi connectivity index (χ0n) is 14.2. The third kappa shape index (κ3) is 2.58. The Labute approximate surface area is 151 Å². The molecular formula is C19H25BrN2S. The van der Waals surface area contributed by atoms with E-state index in [9.17, 15) is 0 Å². The van der Waals surface area contributed by atoms with Crippen LogP contribution in [-0.4, -0.2) is 41.0 Å². The summed E-state index contributed by atoms with van der Waals surface area (Å²) >= 11 is 5.74.